The van der Waals surface area contributed by atoms with Crippen LogP contribution in [0, 0.1) is 6.92 Å². The Kier molecular flexibility index (Phi) is 4.97. The van der Waals surface area contributed by atoms with Crippen molar-refractivity contribution in [2.24, 2.45) is 0 Å². The van der Waals surface area contributed by atoms with Gasteiger partial charge in [0, 0.05) is 73.4 Å². The number of aromatic nitrogens is 3. The zero-order valence-electron chi connectivity index (χ0n) is 17.9. The predicted octanol–water partition coefficient (Wildman–Crippen LogP) is 2.43. The number of rotatable bonds is 3. The smallest absolute Gasteiger partial charge is 0.162 e. The van der Waals surface area contributed by atoms with Gasteiger partial charge in [-0.25, -0.2) is 9.97 Å². The average Bonchev–Trinajstić information content (AvgIpc) is 3.14. The Hall–Kier alpha value is -2.48. The van der Waals surface area contributed by atoms with Crippen LogP contribution in [-0.2, 0) is 13.0 Å². The van der Waals surface area contributed by atoms with Crippen molar-refractivity contribution >= 4 is 16.7 Å². The first-order valence-corrected chi connectivity index (χ1v) is 10.9. The standard InChI is InChI=1S/C23H30N6O/c1-14-11-25-20-6-4-5-17(21(14)20)22-26-19-7-8-24-12-18(19)23(27-22)29-10-9-28(16(3)30)13-15(29)2/h4-6,11,15-16,24-25,30H,7-10,12-13H2,1-3H3. The molecule has 0 bridgehead atoms. The first kappa shape index (κ1) is 19.5. The van der Waals surface area contributed by atoms with Crippen LogP contribution in [0.2, 0.25) is 0 Å². The van der Waals surface area contributed by atoms with Gasteiger partial charge in [0.15, 0.2) is 5.82 Å². The summed E-state index contributed by atoms with van der Waals surface area (Å²) >= 11 is 0. The highest BCUT2D eigenvalue weighted by Gasteiger charge is 2.30. The van der Waals surface area contributed by atoms with Crippen LogP contribution >= 0.6 is 0 Å². The number of aliphatic hydroxyl groups is 1. The number of aliphatic hydroxyl groups excluding tert-OH is 1. The summed E-state index contributed by atoms with van der Waals surface area (Å²) in [6, 6.07) is 6.57. The van der Waals surface area contributed by atoms with Crippen molar-refractivity contribution in [2.45, 2.75) is 46.0 Å². The Morgan fingerprint density at radius 1 is 1.23 bits per heavy atom. The van der Waals surface area contributed by atoms with Gasteiger partial charge >= 0.3 is 0 Å². The maximum Gasteiger partial charge on any atom is 0.162 e. The summed E-state index contributed by atoms with van der Waals surface area (Å²) in [4.78, 5) is 18.1. The number of nitrogens with one attached hydrogen (secondary N) is 2. The van der Waals surface area contributed by atoms with Crippen molar-refractivity contribution in [3.63, 3.8) is 0 Å². The third kappa shape index (κ3) is 3.27. The first-order valence-electron chi connectivity index (χ1n) is 10.9. The minimum atomic E-state index is -0.416. The number of nitrogens with zero attached hydrogens (tertiary/aromatic N) is 4. The largest absolute Gasteiger partial charge is 0.379 e. The van der Waals surface area contributed by atoms with Gasteiger partial charge in [0.2, 0.25) is 0 Å². The second-order valence-electron chi connectivity index (χ2n) is 8.59. The predicted molar refractivity (Wildman–Crippen MR) is 120 cm³/mol. The SMILES string of the molecule is Cc1c[nH]c2cccc(-c3nc4c(c(N5CCN(C(C)O)CC5C)n3)CNCC4)c12. The van der Waals surface area contributed by atoms with Crippen molar-refractivity contribution in [3.8, 4) is 11.4 Å². The summed E-state index contributed by atoms with van der Waals surface area (Å²) in [5, 5.41) is 14.7. The maximum absolute atomic E-state index is 10.0. The Morgan fingerprint density at radius 2 is 2.10 bits per heavy atom. The highest BCUT2D eigenvalue weighted by Crippen LogP contribution is 2.33. The number of piperazine rings is 1. The zero-order chi connectivity index (χ0) is 20.8. The van der Waals surface area contributed by atoms with Gasteiger partial charge in [0.25, 0.3) is 0 Å². The molecular weight excluding hydrogens is 376 g/mol. The molecule has 5 rings (SSSR count). The van der Waals surface area contributed by atoms with Crippen LogP contribution in [0.15, 0.2) is 24.4 Å². The summed E-state index contributed by atoms with van der Waals surface area (Å²) < 4.78 is 0. The molecule has 1 aromatic carbocycles. The summed E-state index contributed by atoms with van der Waals surface area (Å²) in [6.07, 6.45) is 2.55. The van der Waals surface area contributed by atoms with Gasteiger partial charge in [-0.15, -0.1) is 0 Å². The van der Waals surface area contributed by atoms with E-state index < -0.39 is 6.23 Å². The molecule has 7 heteroatoms. The molecule has 0 aliphatic carbocycles. The van der Waals surface area contributed by atoms with Crippen LogP contribution in [0.5, 0.6) is 0 Å². The molecule has 158 valence electrons. The molecular formula is C23H30N6O. The van der Waals surface area contributed by atoms with Crippen molar-refractivity contribution in [2.75, 3.05) is 31.1 Å². The molecule has 0 amide bonds. The number of H-pyrrole nitrogens is 1. The van der Waals surface area contributed by atoms with E-state index in [1.54, 1.807) is 0 Å². The van der Waals surface area contributed by atoms with Gasteiger partial charge in [-0.2, -0.15) is 0 Å². The van der Waals surface area contributed by atoms with Crippen LogP contribution in [0.4, 0.5) is 5.82 Å². The lowest BCUT2D eigenvalue weighted by Gasteiger charge is -2.42. The molecule has 4 heterocycles. The summed E-state index contributed by atoms with van der Waals surface area (Å²) in [7, 11) is 0. The molecule has 2 atom stereocenters. The molecule has 0 spiro atoms. The number of hydrogen-bond donors (Lipinski definition) is 3. The van der Waals surface area contributed by atoms with Crippen LogP contribution in [-0.4, -0.2) is 63.4 Å². The number of hydrogen-bond acceptors (Lipinski definition) is 6. The molecule has 0 saturated carbocycles. The number of aromatic amines is 1. The minimum absolute atomic E-state index is 0.270. The molecule has 30 heavy (non-hydrogen) atoms. The number of benzene rings is 1. The summed E-state index contributed by atoms with van der Waals surface area (Å²) in [6.45, 7) is 10.4. The van der Waals surface area contributed by atoms with E-state index in [0.29, 0.717) is 0 Å². The Bertz CT molecular complexity index is 1070. The van der Waals surface area contributed by atoms with Gasteiger partial charge in [-0.1, -0.05) is 12.1 Å². The highest BCUT2D eigenvalue weighted by molar-refractivity contribution is 5.96. The van der Waals surface area contributed by atoms with Crippen LogP contribution in [0.3, 0.4) is 0 Å². The van der Waals surface area contributed by atoms with E-state index in [0.717, 1.165) is 67.6 Å². The fraction of sp³-hybridized carbons (Fsp3) is 0.478. The van der Waals surface area contributed by atoms with Gasteiger partial charge in [0.05, 0.1) is 5.69 Å². The van der Waals surface area contributed by atoms with Crippen molar-refractivity contribution in [3.05, 3.63) is 41.2 Å². The Morgan fingerprint density at radius 3 is 2.90 bits per heavy atom. The average molecular weight is 407 g/mol. The topological polar surface area (TPSA) is 80.3 Å². The Labute approximate surface area is 177 Å². The van der Waals surface area contributed by atoms with Gasteiger partial charge in [-0.05, 0) is 32.4 Å². The molecule has 2 aliphatic rings. The van der Waals surface area contributed by atoms with E-state index in [4.69, 9.17) is 9.97 Å². The third-order valence-corrected chi connectivity index (χ3v) is 6.51. The zero-order valence-corrected chi connectivity index (χ0v) is 17.9. The maximum atomic E-state index is 10.0. The van der Waals surface area contributed by atoms with Crippen LogP contribution < -0.4 is 10.2 Å². The first-order chi connectivity index (χ1) is 14.5. The summed E-state index contributed by atoms with van der Waals surface area (Å²) in [5.41, 5.74) is 5.80. The van der Waals surface area contributed by atoms with Crippen molar-refractivity contribution in [1.82, 2.24) is 25.2 Å². The van der Waals surface area contributed by atoms with Crippen LogP contribution in [0.25, 0.3) is 22.3 Å². The monoisotopic (exact) mass is 406 g/mol. The lowest BCUT2D eigenvalue weighted by atomic mass is 10.0. The van der Waals surface area contributed by atoms with Crippen molar-refractivity contribution in [1.29, 1.82) is 0 Å². The van der Waals surface area contributed by atoms with Gasteiger partial charge in [-0.3, -0.25) is 4.90 Å². The summed E-state index contributed by atoms with van der Waals surface area (Å²) in [5.74, 6) is 1.86. The van der Waals surface area contributed by atoms with E-state index in [9.17, 15) is 5.11 Å². The molecule has 1 saturated heterocycles. The number of fused-ring (bicyclic) bond motifs is 2. The minimum Gasteiger partial charge on any atom is -0.379 e. The highest BCUT2D eigenvalue weighted by atomic mass is 16.3. The fourth-order valence-corrected chi connectivity index (χ4v) is 4.87. The lowest BCUT2D eigenvalue weighted by Crippen LogP contribution is -2.55. The van der Waals surface area contributed by atoms with Gasteiger partial charge in [0.1, 0.15) is 12.0 Å². The Balaban J connectivity index is 1.62. The molecule has 2 aromatic heterocycles. The van der Waals surface area contributed by atoms with E-state index in [1.165, 1.54) is 16.5 Å². The second-order valence-corrected chi connectivity index (χ2v) is 8.59. The molecule has 2 aliphatic heterocycles. The molecule has 1 fully saturated rings. The quantitative estimate of drug-likeness (QED) is 0.620. The molecule has 3 N–H and O–H groups in total. The molecule has 0 radical (unpaired) electrons. The lowest BCUT2D eigenvalue weighted by molar-refractivity contribution is 0.00766. The van der Waals surface area contributed by atoms with E-state index in [1.807, 2.05) is 6.92 Å². The fourth-order valence-electron chi connectivity index (χ4n) is 4.87. The molecule has 2 unspecified atom stereocenters. The van der Waals surface area contributed by atoms with E-state index >= 15 is 0 Å². The van der Waals surface area contributed by atoms with E-state index in [-0.39, 0.29) is 6.04 Å². The van der Waals surface area contributed by atoms with Crippen molar-refractivity contribution < 1.29 is 5.11 Å². The van der Waals surface area contributed by atoms with E-state index in [2.05, 4.69) is 58.3 Å². The third-order valence-electron chi connectivity index (χ3n) is 6.51. The number of aryl methyl sites for hydroxylation is 1. The second kappa shape index (κ2) is 7.65. The van der Waals surface area contributed by atoms with Gasteiger partial charge < -0.3 is 20.3 Å². The number of anilines is 1. The molecule has 3 aromatic rings. The normalized spacial score (nSPS) is 21.1. The van der Waals surface area contributed by atoms with Crippen LogP contribution in [0.1, 0.15) is 30.7 Å². The molecule has 7 nitrogen and oxygen atoms in total.